The van der Waals surface area contributed by atoms with Gasteiger partial charge in [-0.2, -0.15) is 8.78 Å². The predicted octanol–water partition coefficient (Wildman–Crippen LogP) is 4.09. The molecule has 35 heavy (non-hydrogen) atoms. The summed E-state index contributed by atoms with van der Waals surface area (Å²) in [4.78, 5) is 41.3. The second kappa shape index (κ2) is 10.8. The highest BCUT2D eigenvalue weighted by Crippen LogP contribution is 2.43. The molecule has 0 aliphatic heterocycles. The summed E-state index contributed by atoms with van der Waals surface area (Å²) in [6, 6.07) is 8.13. The van der Waals surface area contributed by atoms with E-state index >= 15 is 0 Å². The van der Waals surface area contributed by atoms with E-state index in [2.05, 4.69) is 15.0 Å². The minimum atomic E-state index is -3.05. The zero-order valence-electron chi connectivity index (χ0n) is 18.4. The number of hydrogen-bond acceptors (Lipinski definition) is 9. The average Bonchev–Trinajstić information content (AvgIpc) is 3.11. The van der Waals surface area contributed by atoms with Crippen LogP contribution in [0.15, 0.2) is 42.6 Å². The van der Waals surface area contributed by atoms with E-state index in [4.69, 9.17) is 10.5 Å². The Balaban J connectivity index is 2.04. The molecule has 14 heteroatoms. The number of nitro groups is 1. The molecule has 3 N–H and O–H groups in total. The van der Waals surface area contributed by atoms with Gasteiger partial charge in [-0.3, -0.25) is 14.9 Å². The van der Waals surface area contributed by atoms with E-state index in [0.717, 1.165) is 23.6 Å². The van der Waals surface area contributed by atoms with Gasteiger partial charge in [0.25, 0.3) is 11.6 Å². The maximum atomic E-state index is 13.2. The molecule has 0 spiro atoms. The number of alkyl halides is 2. The van der Waals surface area contributed by atoms with Crippen LogP contribution >= 0.6 is 11.3 Å². The van der Waals surface area contributed by atoms with Crippen molar-refractivity contribution in [3.05, 3.63) is 63.8 Å². The fourth-order valence-electron chi connectivity index (χ4n) is 3.08. The van der Waals surface area contributed by atoms with E-state index in [1.807, 2.05) is 0 Å². The van der Waals surface area contributed by atoms with Crippen molar-refractivity contribution >= 4 is 34.7 Å². The van der Waals surface area contributed by atoms with Gasteiger partial charge in [-0.15, -0.1) is 0 Å². The van der Waals surface area contributed by atoms with E-state index in [-0.39, 0.29) is 34.4 Å². The van der Waals surface area contributed by atoms with Crippen molar-refractivity contribution in [2.24, 2.45) is 5.73 Å². The molecule has 0 saturated heterocycles. The van der Waals surface area contributed by atoms with Gasteiger partial charge in [-0.1, -0.05) is 11.3 Å². The van der Waals surface area contributed by atoms with Crippen LogP contribution in [0.1, 0.15) is 15.9 Å². The quantitative estimate of drug-likeness (QED) is 0.325. The van der Waals surface area contributed by atoms with Crippen LogP contribution in [0.2, 0.25) is 0 Å². The van der Waals surface area contributed by atoms with Gasteiger partial charge < -0.3 is 25.4 Å². The lowest BCUT2D eigenvalue weighted by atomic mass is 10.0. The van der Waals surface area contributed by atoms with Crippen molar-refractivity contribution in [3.63, 3.8) is 0 Å². The molecular formula is C21H19F2N5O6S. The number of rotatable bonds is 9. The monoisotopic (exact) mass is 507 g/mol. The van der Waals surface area contributed by atoms with Crippen molar-refractivity contribution in [2.45, 2.75) is 13.2 Å². The Bertz CT molecular complexity index is 1230. The summed E-state index contributed by atoms with van der Waals surface area (Å²) >= 11 is 0.973. The molecule has 3 rings (SSSR count). The second-order valence-corrected chi connectivity index (χ2v) is 8.24. The number of halogens is 2. The fraction of sp³-hybridized carbons (Fsp3) is 0.190. The van der Waals surface area contributed by atoms with Gasteiger partial charge in [0, 0.05) is 35.2 Å². The Hall–Kier alpha value is -4.17. The number of ether oxygens (including phenoxy) is 2. The minimum absolute atomic E-state index is 0.0174. The summed E-state index contributed by atoms with van der Waals surface area (Å²) in [6.07, 6.45) is -0.0125. The SMILES string of the molecule is CN(C)Cc1c(-c2ccc([N+](=O)[O-])cc2)sc(OC(N)=O)c1C(=O)Nc1ccc(OC(F)F)nc1. The molecule has 2 aromatic heterocycles. The summed E-state index contributed by atoms with van der Waals surface area (Å²) in [5, 5.41) is 13.5. The molecule has 0 unspecified atom stereocenters. The van der Waals surface area contributed by atoms with E-state index in [9.17, 15) is 28.5 Å². The molecule has 0 atom stereocenters. The number of carbonyl (C=O) groups excluding carboxylic acids is 2. The second-order valence-electron chi connectivity index (χ2n) is 7.25. The first-order valence-corrected chi connectivity index (χ1v) is 10.6. The highest BCUT2D eigenvalue weighted by Gasteiger charge is 2.28. The molecule has 0 bridgehead atoms. The van der Waals surface area contributed by atoms with Gasteiger partial charge in [0.2, 0.25) is 5.88 Å². The number of nitrogens with zero attached hydrogens (tertiary/aromatic N) is 3. The number of carbonyl (C=O) groups is 2. The van der Waals surface area contributed by atoms with Crippen molar-refractivity contribution in [2.75, 3.05) is 19.4 Å². The van der Waals surface area contributed by atoms with Gasteiger partial charge >= 0.3 is 12.7 Å². The van der Waals surface area contributed by atoms with E-state index < -0.39 is 23.5 Å². The van der Waals surface area contributed by atoms with Crippen LogP contribution in [0, 0.1) is 10.1 Å². The molecule has 0 aliphatic carbocycles. The number of hydrogen-bond donors (Lipinski definition) is 2. The summed E-state index contributed by atoms with van der Waals surface area (Å²) in [5.74, 6) is -1.01. The molecule has 3 aromatic rings. The molecular weight excluding hydrogens is 488 g/mol. The molecule has 1 aromatic carbocycles. The Morgan fingerprint density at radius 1 is 1.23 bits per heavy atom. The van der Waals surface area contributed by atoms with Crippen LogP contribution in [0.3, 0.4) is 0 Å². The molecule has 2 heterocycles. The summed E-state index contributed by atoms with van der Waals surface area (Å²) in [5.41, 5.74) is 6.31. The molecule has 0 radical (unpaired) electrons. The number of primary amides is 1. The van der Waals surface area contributed by atoms with Crippen LogP contribution in [-0.2, 0) is 6.54 Å². The molecule has 184 valence electrons. The lowest BCUT2D eigenvalue weighted by Gasteiger charge is -2.14. The number of nitro benzene ring substituents is 1. The molecule has 0 aliphatic rings. The van der Waals surface area contributed by atoms with E-state index in [1.165, 1.54) is 30.3 Å². The van der Waals surface area contributed by atoms with Crippen molar-refractivity contribution < 1.29 is 32.8 Å². The lowest BCUT2D eigenvalue weighted by molar-refractivity contribution is -0.384. The van der Waals surface area contributed by atoms with Crippen molar-refractivity contribution in [1.29, 1.82) is 0 Å². The topological polar surface area (TPSA) is 150 Å². The first-order valence-electron chi connectivity index (χ1n) is 9.80. The summed E-state index contributed by atoms with van der Waals surface area (Å²) in [7, 11) is 3.53. The van der Waals surface area contributed by atoms with Gasteiger partial charge in [0.15, 0.2) is 5.06 Å². The Labute approximate surface area is 201 Å². The smallest absolute Gasteiger partial charge is 0.410 e. The summed E-state index contributed by atoms with van der Waals surface area (Å²) < 4.78 is 34.0. The Kier molecular flexibility index (Phi) is 7.88. The number of non-ortho nitro benzene ring substituents is 1. The number of amides is 2. The van der Waals surface area contributed by atoms with Crippen molar-refractivity contribution in [1.82, 2.24) is 9.88 Å². The lowest BCUT2D eigenvalue weighted by Crippen LogP contribution is -2.21. The molecule has 11 nitrogen and oxygen atoms in total. The number of benzene rings is 1. The maximum absolute atomic E-state index is 13.2. The number of nitrogens with two attached hydrogens (primary N) is 1. The number of anilines is 1. The highest BCUT2D eigenvalue weighted by atomic mass is 32.1. The van der Waals surface area contributed by atoms with Crippen LogP contribution in [0.5, 0.6) is 10.9 Å². The fourth-order valence-corrected chi connectivity index (χ4v) is 4.25. The Morgan fingerprint density at radius 3 is 2.43 bits per heavy atom. The summed E-state index contributed by atoms with van der Waals surface area (Å²) in [6.45, 7) is -2.80. The van der Waals surface area contributed by atoms with Gasteiger partial charge in [-0.25, -0.2) is 9.78 Å². The van der Waals surface area contributed by atoms with Crippen LogP contribution in [-0.4, -0.2) is 47.5 Å². The first-order chi connectivity index (χ1) is 16.5. The predicted molar refractivity (Wildman–Crippen MR) is 123 cm³/mol. The average molecular weight is 507 g/mol. The van der Waals surface area contributed by atoms with Gasteiger partial charge in [-0.05, 0) is 37.9 Å². The third-order valence-corrected chi connectivity index (χ3v) is 5.57. The van der Waals surface area contributed by atoms with Gasteiger partial charge in [0.1, 0.15) is 0 Å². The minimum Gasteiger partial charge on any atom is -0.417 e. The molecule has 0 fully saturated rings. The van der Waals surface area contributed by atoms with E-state index in [1.54, 1.807) is 19.0 Å². The number of pyridine rings is 1. The van der Waals surface area contributed by atoms with Crippen molar-refractivity contribution in [3.8, 4) is 21.4 Å². The Morgan fingerprint density at radius 2 is 1.91 bits per heavy atom. The zero-order chi connectivity index (χ0) is 25.7. The molecule has 0 saturated carbocycles. The van der Waals surface area contributed by atoms with Gasteiger partial charge in [0.05, 0.1) is 22.4 Å². The zero-order valence-corrected chi connectivity index (χ0v) is 19.2. The first kappa shape index (κ1) is 25.5. The van der Waals surface area contributed by atoms with Crippen LogP contribution in [0.25, 0.3) is 10.4 Å². The largest absolute Gasteiger partial charge is 0.417 e. The van der Waals surface area contributed by atoms with Crippen LogP contribution in [0.4, 0.5) is 25.0 Å². The number of thiophene rings is 1. The third-order valence-electron chi connectivity index (χ3n) is 4.41. The standard InChI is InChI=1S/C21H19F2N5O6S/c1-27(2)10-14-16(18(29)26-12-5-8-15(25-9-12)33-20(22)23)19(34-21(24)30)35-17(14)11-3-6-13(7-4-11)28(31)32/h3-9,20H,10H2,1-2H3,(H2,24,30)(H,26,29). The third kappa shape index (κ3) is 6.45. The highest BCUT2D eigenvalue weighted by molar-refractivity contribution is 7.18. The van der Waals surface area contributed by atoms with E-state index in [0.29, 0.717) is 16.0 Å². The maximum Gasteiger partial charge on any atom is 0.410 e. The molecule has 2 amide bonds. The number of aromatic nitrogens is 1. The normalized spacial score (nSPS) is 10.9. The van der Waals surface area contributed by atoms with Crippen LogP contribution < -0.4 is 20.5 Å². The number of nitrogens with one attached hydrogen (secondary N) is 1.